The van der Waals surface area contributed by atoms with E-state index in [0.717, 1.165) is 30.0 Å². The van der Waals surface area contributed by atoms with Crippen LogP contribution in [0.1, 0.15) is 23.7 Å². The average Bonchev–Trinajstić information content (AvgIpc) is 2.92. The van der Waals surface area contributed by atoms with Crippen LogP contribution in [-0.4, -0.2) is 23.4 Å². The molecular formula is C22H23N3O3. The first-order valence-electron chi connectivity index (χ1n) is 9.31. The molecule has 6 heteroatoms. The van der Waals surface area contributed by atoms with Gasteiger partial charge in [0.25, 0.3) is 0 Å². The van der Waals surface area contributed by atoms with Gasteiger partial charge in [-0.15, -0.1) is 0 Å². The number of rotatable bonds is 4. The normalized spacial score (nSPS) is 16.1. The number of ether oxygens (including phenoxy) is 2. The zero-order chi connectivity index (χ0) is 19.5. The largest absolute Gasteiger partial charge is 0.497 e. The van der Waals surface area contributed by atoms with Crippen molar-refractivity contribution in [2.75, 3.05) is 18.6 Å². The van der Waals surface area contributed by atoms with E-state index < -0.39 is 0 Å². The Labute approximate surface area is 163 Å². The van der Waals surface area contributed by atoms with Gasteiger partial charge < -0.3 is 14.4 Å². The Morgan fingerprint density at radius 1 is 1.14 bits per heavy atom. The molecule has 28 heavy (non-hydrogen) atoms. The summed E-state index contributed by atoms with van der Waals surface area (Å²) in [6.45, 7) is 1.45. The Balaban J connectivity index is 1.70. The molecule has 0 bridgehead atoms. The number of hydrogen-bond donors (Lipinski definition) is 0. The first kappa shape index (κ1) is 18.1. The van der Waals surface area contributed by atoms with Crippen molar-refractivity contribution in [3.63, 3.8) is 0 Å². The lowest BCUT2D eigenvalue weighted by atomic mass is 10.1. The van der Waals surface area contributed by atoms with E-state index in [1.165, 1.54) is 10.2 Å². The molecule has 1 aliphatic heterocycles. The summed E-state index contributed by atoms with van der Waals surface area (Å²) in [5, 5.41) is 4.21. The van der Waals surface area contributed by atoms with Crippen LogP contribution >= 0.6 is 0 Å². The Kier molecular flexibility index (Phi) is 5.02. The lowest BCUT2D eigenvalue weighted by molar-refractivity contribution is 0.200. The fourth-order valence-corrected chi connectivity index (χ4v) is 3.46. The molecule has 0 fully saturated rings. The number of nitrogens with zero attached hydrogens (tertiary/aromatic N) is 3. The van der Waals surface area contributed by atoms with Gasteiger partial charge >= 0.3 is 5.56 Å². The summed E-state index contributed by atoms with van der Waals surface area (Å²) in [7, 11) is 3.28. The van der Waals surface area contributed by atoms with Crippen LogP contribution in [0.15, 0.2) is 65.6 Å². The number of benzene rings is 2. The highest BCUT2D eigenvalue weighted by Gasteiger charge is 2.27. The third kappa shape index (κ3) is 3.58. The van der Waals surface area contributed by atoms with Crippen LogP contribution in [-0.2, 0) is 13.6 Å². The molecule has 3 aromatic rings. The monoisotopic (exact) mass is 377 g/mol. The van der Waals surface area contributed by atoms with E-state index in [9.17, 15) is 4.79 Å². The van der Waals surface area contributed by atoms with Crippen molar-refractivity contribution in [2.24, 2.45) is 7.05 Å². The van der Waals surface area contributed by atoms with Crippen LogP contribution in [0.25, 0.3) is 0 Å². The van der Waals surface area contributed by atoms with Crippen molar-refractivity contribution in [3.8, 4) is 11.5 Å². The summed E-state index contributed by atoms with van der Waals surface area (Å²) in [5.41, 5.74) is 2.71. The zero-order valence-corrected chi connectivity index (χ0v) is 16.0. The lowest BCUT2D eigenvalue weighted by Gasteiger charge is -2.23. The molecule has 1 unspecified atom stereocenters. The predicted octanol–water partition coefficient (Wildman–Crippen LogP) is 3.32. The Bertz CT molecular complexity index is 1000. The molecule has 1 atom stereocenters. The minimum atomic E-state index is -0.226. The van der Waals surface area contributed by atoms with Crippen LogP contribution < -0.4 is 19.9 Å². The highest BCUT2D eigenvalue weighted by atomic mass is 16.5. The lowest BCUT2D eigenvalue weighted by Crippen LogP contribution is -2.27. The number of fused-ring (bicyclic) bond motifs is 1. The van der Waals surface area contributed by atoms with E-state index in [2.05, 4.69) is 22.1 Å². The van der Waals surface area contributed by atoms with E-state index in [0.29, 0.717) is 12.3 Å². The Morgan fingerprint density at radius 3 is 2.61 bits per heavy atom. The number of anilines is 1. The molecule has 1 aliphatic rings. The van der Waals surface area contributed by atoms with Crippen LogP contribution in [0.4, 0.5) is 5.69 Å². The van der Waals surface area contributed by atoms with Gasteiger partial charge in [-0.1, -0.05) is 42.5 Å². The van der Waals surface area contributed by atoms with Gasteiger partial charge in [-0.3, -0.25) is 4.79 Å². The molecule has 0 N–H and O–H groups in total. The summed E-state index contributed by atoms with van der Waals surface area (Å²) < 4.78 is 12.8. The molecule has 2 aromatic carbocycles. The molecule has 0 spiro atoms. The van der Waals surface area contributed by atoms with Crippen molar-refractivity contribution in [1.29, 1.82) is 0 Å². The minimum absolute atomic E-state index is 0.208. The Hall–Kier alpha value is -3.28. The average molecular weight is 377 g/mol. The maximum atomic E-state index is 12.8. The molecule has 6 nitrogen and oxygen atoms in total. The molecule has 144 valence electrons. The Morgan fingerprint density at radius 2 is 1.89 bits per heavy atom. The molecule has 0 saturated carbocycles. The fraction of sp³-hybridized carbons (Fsp3) is 0.273. The molecule has 0 saturated heterocycles. The number of aromatic nitrogens is 2. The summed E-state index contributed by atoms with van der Waals surface area (Å²) in [4.78, 5) is 14.9. The highest BCUT2D eigenvalue weighted by Crippen LogP contribution is 2.35. The van der Waals surface area contributed by atoms with Gasteiger partial charge in [0, 0.05) is 26.6 Å². The molecule has 2 heterocycles. The van der Waals surface area contributed by atoms with Crippen molar-refractivity contribution >= 4 is 5.69 Å². The standard InChI is InChI=1S/C22H23N3O3/c1-24-22(26)21-19(14-23-24)25(15-16-6-4-3-5-7-16)13-12-20(28-21)17-8-10-18(27-2)11-9-17/h3-11,14,20H,12-13,15H2,1-2H3. The second-order valence-electron chi connectivity index (χ2n) is 6.86. The van der Waals surface area contributed by atoms with Crippen LogP contribution in [0.3, 0.4) is 0 Å². The maximum Gasteiger partial charge on any atom is 0.311 e. The van der Waals surface area contributed by atoms with Crippen molar-refractivity contribution in [3.05, 3.63) is 82.3 Å². The predicted molar refractivity (Wildman–Crippen MR) is 108 cm³/mol. The number of aryl methyl sites for hydroxylation is 1. The van der Waals surface area contributed by atoms with Crippen LogP contribution in [0.2, 0.25) is 0 Å². The maximum absolute atomic E-state index is 12.8. The van der Waals surface area contributed by atoms with E-state index >= 15 is 0 Å². The summed E-state index contributed by atoms with van der Waals surface area (Å²) in [6.07, 6.45) is 2.27. The molecule has 0 amide bonds. The van der Waals surface area contributed by atoms with Crippen molar-refractivity contribution in [1.82, 2.24) is 9.78 Å². The van der Waals surface area contributed by atoms with E-state index in [4.69, 9.17) is 9.47 Å². The number of hydrogen-bond acceptors (Lipinski definition) is 5. The van der Waals surface area contributed by atoms with Gasteiger partial charge in [-0.25, -0.2) is 4.68 Å². The molecule has 1 aromatic heterocycles. The smallest absolute Gasteiger partial charge is 0.311 e. The summed E-state index contributed by atoms with van der Waals surface area (Å²) in [6, 6.07) is 18.0. The SMILES string of the molecule is COc1ccc(C2CCN(Cc3ccccc3)c3cnn(C)c(=O)c3O2)cc1. The van der Waals surface area contributed by atoms with Crippen LogP contribution in [0.5, 0.6) is 11.5 Å². The van der Waals surface area contributed by atoms with E-state index in [1.807, 2.05) is 42.5 Å². The third-order valence-corrected chi connectivity index (χ3v) is 5.04. The third-order valence-electron chi connectivity index (χ3n) is 5.04. The van der Waals surface area contributed by atoms with Crippen molar-refractivity contribution < 1.29 is 9.47 Å². The van der Waals surface area contributed by atoms with Crippen LogP contribution in [0, 0.1) is 0 Å². The second-order valence-corrected chi connectivity index (χ2v) is 6.86. The van der Waals surface area contributed by atoms with Gasteiger partial charge in [0.15, 0.2) is 0 Å². The first-order valence-corrected chi connectivity index (χ1v) is 9.31. The molecule has 0 radical (unpaired) electrons. The summed E-state index contributed by atoms with van der Waals surface area (Å²) in [5.74, 6) is 1.15. The summed E-state index contributed by atoms with van der Waals surface area (Å²) >= 11 is 0. The van der Waals surface area contributed by atoms with E-state index in [-0.39, 0.29) is 11.7 Å². The van der Waals surface area contributed by atoms with Gasteiger partial charge in [0.05, 0.1) is 13.3 Å². The molecule has 0 aliphatic carbocycles. The fourth-order valence-electron chi connectivity index (χ4n) is 3.46. The van der Waals surface area contributed by atoms with Gasteiger partial charge in [0.2, 0.25) is 5.75 Å². The topological polar surface area (TPSA) is 56.6 Å². The van der Waals surface area contributed by atoms with Gasteiger partial charge in [-0.2, -0.15) is 5.10 Å². The zero-order valence-electron chi connectivity index (χ0n) is 16.0. The van der Waals surface area contributed by atoms with Crippen molar-refractivity contribution in [2.45, 2.75) is 19.1 Å². The van der Waals surface area contributed by atoms with Gasteiger partial charge in [-0.05, 0) is 23.3 Å². The molecular weight excluding hydrogens is 354 g/mol. The van der Waals surface area contributed by atoms with E-state index in [1.54, 1.807) is 20.4 Å². The molecule has 4 rings (SSSR count). The second kappa shape index (κ2) is 7.76. The highest BCUT2D eigenvalue weighted by molar-refractivity contribution is 5.57. The van der Waals surface area contributed by atoms with Gasteiger partial charge in [0.1, 0.15) is 17.5 Å². The minimum Gasteiger partial charge on any atom is -0.497 e. The quantitative estimate of drug-likeness (QED) is 0.698. The first-order chi connectivity index (χ1) is 13.7. The number of methoxy groups -OCH3 is 1.